The third-order valence-electron chi connectivity index (χ3n) is 2.79. The molecule has 0 spiro atoms. The van der Waals surface area contributed by atoms with E-state index in [1.807, 2.05) is 6.92 Å². The van der Waals surface area contributed by atoms with Gasteiger partial charge in [0.2, 0.25) is 0 Å². The van der Waals surface area contributed by atoms with Crippen molar-refractivity contribution >= 4 is 15.9 Å². The Balaban J connectivity index is 2.01. The summed E-state index contributed by atoms with van der Waals surface area (Å²) in [6.45, 7) is -0.355. The van der Waals surface area contributed by atoms with Crippen LogP contribution >= 0.6 is 15.9 Å². The average Bonchev–Trinajstić information content (AvgIpc) is 2.87. The highest BCUT2D eigenvalue weighted by molar-refractivity contribution is 9.10. The van der Waals surface area contributed by atoms with Gasteiger partial charge in [0.15, 0.2) is 16.1 Å². The largest absolute Gasteiger partial charge is 0.483 e. The van der Waals surface area contributed by atoms with E-state index in [2.05, 4.69) is 26.0 Å². The highest BCUT2D eigenvalue weighted by Crippen LogP contribution is 2.40. The lowest BCUT2D eigenvalue weighted by Crippen LogP contribution is -2.26. The van der Waals surface area contributed by atoms with Crippen molar-refractivity contribution in [3.8, 4) is 22.8 Å². The van der Waals surface area contributed by atoms with Crippen molar-refractivity contribution in [1.82, 2.24) is 14.8 Å². The van der Waals surface area contributed by atoms with E-state index < -0.39 is 6.55 Å². The van der Waals surface area contributed by atoms with Crippen molar-refractivity contribution in [2.45, 2.75) is 19.6 Å². The van der Waals surface area contributed by atoms with Crippen LogP contribution in [0.25, 0.3) is 11.3 Å². The molecule has 0 bridgehead atoms. The molecule has 1 unspecified atom stereocenters. The standard InChI is InChI=1S/C12H10BrF2N3O2/c1-6-5-19-10-9(20-6)2-8(17-11(10)13)7-3-16-18(4-7)12(14)15/h2-4,6,12H,5H2,1H3. The van der Waals surface area contributed by atoms with Gasteiger partial charge in [0, 0.05) is 17.8 Å². The Morgan fingerprint density at radius 1 is 1.50 bits per heavy atom. The maximum atomic E-state index is 12.5. The topological polar surface area (TPSA) is 49.2 Å². The third-order valence-corrected chi connectivity index (χ3v) is 3.32. The van der Waals surface area contributed by atoms with Gasteiger partial charge in [0.05, 0.1) is 11.9 Å². The predicted molar refractivity (Wildman–Crippen MR) is 70.0 cm³/mol. The summed E-state index contributed by atoms with van der Waals surface area (Å²) in [5, 5.41) is 3.59. The van der Waals surface area contributed by atoms with Gasteiger partial charge in [-0.25, -0.2) is 9.67 Å². The number of nitrogens with zero attached hydrogens (tertiary/aromatic N) is 3. The molecule has 3 heterocycles. The van der Waals surface area contributed by atoms with Crippen LogP contribution in [-0.4, -0.2) is 27.5 Å². The van der Waals surface area contributed by atoms with Crippen LogP contribution in [0.1, 0.15) is 13.5 Å². The number of hydrogen-bond donors (Lipinski definition) is 0. The fourth-order valence-electron chi connectivity index (χ4n) is 1.87. The SMILES string of the molecule is CC1COc2c(cc(-c3cnn(C(F)F)c3)nc2Br)O1. The van der Waals surface area contributed by atoms with Crippen LogP contribution < -0.4 is 9.47 Å². The minimum atomic E-state index is -2.68. The number of alkyl halides is 2. The molecule has 1 atom stereocenters. The van der Waals surface area contributed by atoms with Gasteiger partial charge in [-0.3, -0.25) is 0 Å². The second-order valence-corrected chi connectivity index (χ2v) is 5.10. The van der Waals surface area contributed by atoms with Crippen molar-refractivity contribution in [3.05, 3.63) is 23.1 Å². The van der Waals surface area contributed by atoms with Crippen LogP contribution in [0.2, 0.25) is 0 Å². The molecule has 0 saturated heterocycles. The van der Waals surface area contributed by atoms with E-state index in [1.165, 1.54) is 12.4 Å². The summed E-state index contributed by atoms with van der Waals surface area (Å²) in [7, 11) is 0. The molecular weight excluding hydrogens is 336 g/mol. The van der Waals surface area contributed by atoms with Crippen molar-refractivity contribution in [3.63, 3.8) is 0 Å². The molecule has 3 rings (SSSR count). The maximum Gasteiger partial charge on any atom is 0.333 e. The number of ether oxygens (including phenoxy) is 2. The predicted octanol–water partition coefficient (Wildman–Crippen LogP) is 3.26. The Morgan fingerprint density at radius 2 is 2.30 bits per heavy atom. The molecule has 0 saturated carbocycles. The second-order valence-electron chi connectivity index (χ2n) is 4.35. The minimum absolute atomic E-state index is 0.0755. The first-order chi connectivity index (χ1) is 9.54. The van der Waals surface area contributed by atoms with Crippen LogP contribution in [0.4, 0.5) is 8.78 Å². The number of aromatic nitrogens is 3. The van der Waals surface area contributed by atoms with E-state index >= 15 is 0 Å². The first-order valence-electron chi connectivity index (χ1n) is 5.87. The van der Waals surface area contributed by atoms with E-state index in [4.69, 9.17) is 9.47 Å². The Morgan fingerprint density at radius 3 is 3.00 bits per heavy atom. The molecule has 0 aromatic carbocycles. The van der Waals surface area contributed by atoms with Crippen molar-refractivity contribution < 1.29 is 18.3 Å². The van der Waals surface area contributed by atoms with E-state index in [1.54, 1.807) is 6.07 Å². The number of fused-ring (bicyclic) bond motifs is 1. The molecule has 0 N–H and O–H groups in total. The van der Waals surface area contributed by atoms with Crippen LogP contribution in [0.15, 0.2) is 23.1 Å². The van der Waals surface area contributed by atoms with Crippen LogP contribution in [0.3, 0.4) is 0 Å². The molecule has 2 aromatic rings. The molecule has 20 heavy (non-hydrogen) atoms. The normalized spacial score (nSPS) is 17.6. The lowest BCUT2D eigenvalue weighted by molar-refractivity contribution is 0.0566. The zero-order valence-electron chi connectivity index (χ0n) is 10.4. The van der Waals surface area contributed by atoms with Gasteiger partial charge in [-0.1, -0.05) is 0 Å². The van der Waals surface area contributed by atoms with Crippen molar-refractivity contribution in [1.29, 1.82) is 0 Å². The summed E-state index contributed by atoms with van der Waals surface area (Å²) in [4.78, 5) is 4.27. The number of halogens is 3. The summed E-state index contributed by atoms with van der Waals surface area (Å²) in [6.07, 6.45) is 2.49. The number of rotatable bonds is 2. The van der Waals surface area contributed by atoms with Crippen molar-refractivity contribution in [2.24, 2.45) is 0 Å². The van der Waals surface area contributed by atoms with Gasteiger partial charge in [0.1, 0.15) is 12.7 Å². The minimum Gasteiger partial charge on any atom is -0.483 e. The highest BCUT2D eigenvalue weighted by Gasteiger charge is 2.22. The molecule has 106 valence electrons. The summed E-state index contributed by atoms with van der Waals surface area (Å²) in [6, 6.07) is 1.66. The summed E-state index contributed by atoms with van der Waals surface area (Å²) >= 11 is 3.29. The Bertz CT molecular complexity index is 648. The van der Waals surface area contributed by atoms with Gasteiger partial charge >= 0.3 is 6.55 Å². The van der Waals surface area contributed by atoms with Gasteiger partial charge in [-0.15, -0.1) is 0 Å². The van der Waals surface area contributed by atoms with Crippen molar-refractivity contribution in [2.75, 3.05) is 6.61 Å². The Labute approximate surface area is 121 Å². The molecule has 0 amide bonds. The van der Waals surface area contributed by atoms with Crippen LogP contribution in [0.5, 0.6) is 11.5 Å². The van der Waals surface area contributed by atoms with Crippen LogP contribution in [-0.2, 0) is 0 Å². The number of pyridine rings is 1. The fourth-order valence-corrected chi connectivity index (χ4v) is 2.38. The van der Waals surface area contributed by atoms with E-state index in [-0.39, 0.29) is 6.10 Å². The zero-order valence-corrected chi connectivity index (χ0v) is 12.0. The molecule has 0 radical (unpaired) electrons. The van der Waals surface area contributed by atoms with E-state index in [9.17, 15) is 8.78 Å². The second kappa shape index (κ2) is 5.01. The smallest absolute Gasteiger partial charge is 0.333 e. The number of hydrogen-bond acceptors (Lipinski definition) is 4. The third kappa shape index (κ3) is 2.35. The Kier molecular flexibility index (Phi) is 3.33. The van der Waals surface area contributed by atoms with E-state index in [0.29, 0.717) is 38.6 Å². The summed E-state index contributed by atoms with van der Waals surface area (Å²) < 4.78 is 37.3. The Hall–Kier alpha value is -1.70. The lowest BCUT2D eigenvalue weighted by atomic mass is 10.2. The van der Waals surface area contributed by atoms with Gasteiger partial charge < -0.3 is 9.47 Å². The fraction of sp³-hybridized carbons (Fsp3) is 0.333. The van der Waals surface area contributed by atoms with E-state index in [0.717, 1.165) is 0 Å². The average molecular weight is 346 g/mol. The lowest BCUT2D eigenvalue weighted by Gasteiger charge is -2.24. The molecule has 0 aliphatic carbocycles. The molecule has 0 fully saturated rings. The summed E-state index contributed by atoms with van der Waals surface area (Å²) in [5.74, 6) is 1.05. The first kappa shape index (κ1) is 13.3. The summed E-state index contributed by atoms with van der Waals surface area (Å²) in [5.41, 5.74) is 0.968. The molecular formula is C12H10BrF2N3O2. The van der Waals surface area contributed by atoms with Crippen LogP contribution in [0, 0.1) is 0 Å². The zero-order chi connectivity index (χ0) is 14.3. The van der Waals surface area contributed by atoms with Gasteiger partial charge in [0.25, 0.3) is 0 Å². The molecule has 1 aliphatic rings. The quantitative estimate of drug-likeness (QED) is 0.784. The molecule has 2 aromatic heterocycles. The maximum absolute atomic E-state index is 12.5. The molecule has 8 heteroatoms. The first-order valence-corrected chi connectivity index (χ1v) is 6.66. The molecule has 1 aliphatic heterocycles. The van der Waals surface area contributed by atoms with Gasteiger partial charge in [-0.2, -0.15) is 13.9 Å². The monoisotopic (exact) mass is 345 g/mol. The highest BCUT2D eigenvalue weighted by atomic mass is 79.9. The molecule has 5 nitrogen and oxygen atoms in total. The van der Waals surface area contributed by atoms with Gasteiger partial charge in [-0.05, 0) is 22.9 Å².